The Morgan fingerprint density at radius 2 is 0.414 bits per heavy atom. The summed E-state index contributed by atoms with van der Waals surface area (Å²) in [7, 11) is 0. The van der Waals surface area contributed by atoms with E-state index in [1.807, 2.05) is 0 Å². The van der Waals surface area contributed by atoms with Gasteiger partial charge in [0.2, 0.25) is 0 Å². The van der Waals surface area contributed by atoms with Crippen molar-refractivity contribution in [1.82, 2.24) is 0 Å². The quantitative estimate of drug-likeness (QED) is 0.0662. The molecule has 0 saturated heterocycles. The van der Waals surface area contributed by atoms with Gasteiger partial charge in [-0.15, -0.1) is 0 Å². The predicted molar refractivity (Wildman–Crippen MR) is 291 cm³/mol. The topological polar surface area (TPSA) is 6.48 Å². The van der Waals surface area contributed by atoms with Gasteiger partial charge in [0.1, 0.15) is 0 Å². The molecule has 10 aromatic rings. The normalized spacial score (nSPS) is 11.2. The van der Waals surface area contributed by atoms with Crippen LogP contribution < -0.4 is 52.2 Å². The Labute approximate surface area is 435 Å². The Hall–Kier alpha value is -6.74. The molecule has 0 saturated carbocycles. The second-order valence-electron chi connectivity index (χ2n) is 17.3. The maximum atomic E-state index is 2.38. The summed E-state index contributed by atoms with van der Waals surface area (Å²) in [6, 6.07) is 93.6. The zero-order valence-corrected chi connectivity index (χ0v) is 44.0. The molecule has 0 aliphatic rings. The summed E-state index contributed by atoms with van der Waals surface area (Å²) in [6.45, 7) is 4.56. The summed E-state index contributed by atoms with van der Waals surface area (Å²) < 4.78 is 5.69. The zero-order chi connectivity index (χ0) is 47.5. The van der Waals surface area contributed by atoms with Crippen molar-refractivity contribution < 1.29 is 42.4 Å². The van der Waals surface area contributed by atoms with Crippen molar-refractivity contribution in [1.29, 1.82) is 0 Å². The second-order valence-corrected chi connectivity index (χ2v) is 23.5. The molecule has 0 atom stereocenters. The van der Waals surface area contributed by atoms with Gasteiger partial charge in [-0.2, -0.15) is 0 Å². The summed E-state index contributed by atoms with van der Waals surface area (Å²) in [5, 5.41) is 0. The number of hydrogen-bond acceptors (Lipinski definition) is 2. The molecule has 10 rings (SSSR count). The molecule has 0 aliphatic carbocycles. The molecule has 70 heavy (non-hydrogen) atoms. The third-order valence-corrected chi connectivity index (χ3v) is 19.0. The van der Waals surface area contributed by atoms with E-state index in [9.17, 15) is 0 Å². The van der Waals surface area contributed by atoms with Crippen molar-refractivity contribution >= 4 is 34.1 Å². The van der Waals surface area contributed by atoms with Crippen molar-refractivity contribution in [3.8, 4) is 55.6 Å². The Morgan fingerprint density at radius 1 is 0.229 bits per heavy atom. The molecule has 4 heteroatoms. The summed E-state index contributed by atoms with van der Waals surface area (Å²) in [4.78, 5) is 4.72. The van der Waals surface area contributed by atoms with Crippen LogP contribution in [0.25, 0.3) is 55.6 Å². The van der Waals surface area contributed by atoms with Crippen LogP contribution in [-0.4, -0.2) is 8.86 Å². The van der Waals surface area contributed by atoms with Crippen molar-refractivity contribution in [2.45, 2.75) is 26.7 Å². The first-order valence-electron chi connectivity index (χ1n) is 24.3. The monoisotopic (exact) mass is 1130 g/mol. The van der Waals surface area contributed by atoms with Gasteiger partial charge in [0.25, 0.3) is 0 Å². The minimum absolute atomic E-state index is 0.0926. The Bertz CT molecular complexity index is 3010. The van der Waals surface area contributed by atoms with Crippen LogP contribution in [0.2, 0.25) is 0 Å². The molecule has 0 spiro atoms. The Balaban J connectivity index is 0.942. The van der Waals surface area contributed by atoms with Gasteiger partial charge in [0.05, 0.1) is 0 Å². The molecule has 0 aromatic heterocycles. The van der Waals surface area contributed by atoms with E-state index in [2.05, 4.69) is 278 Å². The van der Waals surface area contributed by atoms with Gasteiger partial charge in [-0.1, -0.05) is 97.1 Å². The van der Waals surface area contributed by atoms with E-state index in [1.165, 1.54) is 84.5 Å². The van der Waals surface area contributed by atoms with Gasteiger partial charge in [-0.05, 0) is 69.8 Å². The van der Waals surface area contributed by atoms with Crippen molar-refractivity contribution in [2.24, 2.45) is 0 Å². The van der Waals surface area contributed by atoms with Crippen LogP contribution in [0.5, 0.6) is 0 Å². The molecule has 346 valence electrons. The van der Waals surface area contributed by atoms with Gasteiger partial charge < -0.3 is 4.90 Å². The first-order valence-corrected chi connectivity index (χ1v) is 29.5. The third-order valence-electron chi connectivity index (χ3n) is 12.5. The van der Waals surface area contributed by atoms with Gasteiger partial charge >= 0.3 is 251 Å². The molecule has 0 heterocycles. The van der Waals surface area contributed by atoms with E-state index >= 15 is 0 Å². The van der Waals surface area contributed by atoms with Crippen LogP contribution in [0, 0.1) is 7.14 Å². The first-order chi connectivity index (χ1) is 34.6. The standard InChI is InChI=1S/C66H56I2N2/c1-3-47-67-59-31-15-51(16-32-59)55-23-39-63(40-24-55)70(64-41-25-56(26-42-64)52-17-33-60(34-18-52)68-48-4-2)66-45-29-58(30-46-66)57-27-43-65(44-28-57)69(61-35-19-53(20-36-61)49-11-7-5-8-12-49)62-37-21-54(22-38-62)50-13-9-6-10-14-50/h5-46H,3-4,47-48H2,1-2H3/q-2. The van der Waals surface area contributed by atoms with Crippen molar-refractivity contribution in [2.75, 3.05) is 18.7 Å². The van der Waals surface area contributed by atoms with Gasteiger partial charge in [-0.25, -0.2) is 0 Å². The minimum atomic E-state index is 0.0926. The van der Waals surface area contributed by atoms with Crippen LogP contribution in [0.3, 0.4) is 0 Å². The molecule has 0 aliphatic heterocycles. The van der Waals surface area contributed by atoms with E-state index in [0.717, 1.165) is 34.1 Å². The average Bonchev–Trinajstić information content (AvgIpc) is 3.44. The van der Waals surface area contributed by atoms with Gasteiger partial charge in [0.15, 0.2) is 0 Å². The molecule has 0 unspecified atom stereocenters. The molecule has 10 aromatic carbocycles. The number of benzene rings is 10. The second kappa shape index (κ2) is 22.8. The van der Waals surface area contributed by atoms with Crippen LogP contribution in [0.15, 0.2) is 255 Å². The Morgan fingerprint density at radius 3 is 0.614 bits per heavy atom. The van der Waals surface area contributed by atoms with E-state index in [1.54, 1.807) is 0 Å². The zero-order valence-electron chi connectivity index (χ0n) is 39.7. The average molecular weight is 1130 g/mol. The molecule has 0 fully saturated rings. The third kappa shape index (κ3) is 11.1. The fourth-order valence-electron chi connectivity index (χ4n) is 8.84. The fourth-order valence-corrected chi connectivity index (χ4v) is 12.9. The molecule has 0 radical (unpaired) electrons. The van der Waals surface area contributed by atoms with Crippen molar-refractivity contribution in [3.05, 3.63) is 262 Å². The van der Waals surface area contributed by atoms with E-state index < -0.39 is 0 Å². The molecular formula is C66H56I2N2-2. The van der Waals surface area contributed by atoms with Crippen LogP contribution in [-0.2, 0) is 0 Å². The van der Waals surface area contributed by atoms with Gasteiger partial charge in [-0.3, -0.25) is 0 Å². The van der Waals surface area contributed by atoms with E-state index in [0.29, 0.717) is 0 Å². The summed E-state index contributed by atoms with van der Waals surface area (Å²) in [5.41, 5.74) is 18.8. The molecule has 0 bridgehead atoms. The summed E-state index contributed by atoms with van der Waals surface area (Å²) in [6.07, 6.45) is 2.52. The molecule has 0 N–H and O–H groups in total. The van der Waals surface area contributed by atoms with Crippen LogP contribution in [0.4, 0.5) is 34.1 Å². The fraction of sp³-hybridized carbons (Fsp3) is 0.0909. The van der Waals surface area contributed by atoms with Crippen molar-refractivity contribution in [3.63, 3.8) is 0 Å². The molecule has 0 amide bonds. The number of hydrogen-bond donors (Lipinski definition) is 0. The molecular weight excluding hydrogens is 1070 g/mol. The SMILES string of the molecule is CCC[I-]c1ccc(-c2ccc(N(c3ccc(-c4ccc([I-]CCC)cc4)cc3)c3ccc(-c4ccc(N(c5ccc(-c6ccccc6)cc5)c5ccc(-c6ccccc6)cc5)cc4)cc3)cc2)cc1. The number of halogens is 2. The van der Waals surface area contributed by atoms with Gasteiger partial charge in [0, 0.05) is 17.1 Å². The first kappa shape index (κ1) is 47.0. The molecule has 2 nitrogen and oxygen atoms in total. The predicted octanol–water partition coefficient (Wildman–Crippen LogP) is 12.3. The van der Waals surface area contributed by atoms with E-state index in [4.69, 9.17) is 0 Å². The number of alkyl halides is 2. The Kier molecular flexibility index (Phi) is 15.3. The summed E-state index contributed by atoms with van der Waals surface area (Å²) in [5.74, 6) is 0. The number of rotatable bonds is 17. The van der Waals surface area contributed by atoms with Crippen LogP contribution in [0.1, 0.15) is 26.7 Å². The number of nitrogens with zero attached hydrogens (tertiary/aromatic N) is 2. The summed E-state index contributed by atoms with van der Waals surface area (Å²) >= 11 is 0.185. The van der Waals surface area contributed by atoms with Crippen LogP contribution >= 0.6 is 0 Å². The van der Waals surface area contributed by atoms with E-state index in [-0.39, 0.29) is 42.4 Å². The maximum absolute atomic E-state index is 2.38. The number of anilines is 6.